The second kappa shape index (κ2) is 11.1. The Kier molecular flexibility index (Phi) is 7.93. The third kappa shape index (κ3) is 6.24. The minimum Gasteiger partial charge on any atom is -0.376 e. The van der Waals surface area contributed by atoms with Gasteiger partial charge in [0, 0.05) is 11.5 Å². The third-order valence-electron chi connectivity index (χ3n) is 4.70. The number of Topliss-reactive ketones (excluding diaryl/α,β-unsaturated/α-hetero) is 1. The highest BCUT2D eigenvalue weighted by molar-refractivity contribution is 5.99. The van der Waals surface area contributed by atoms with Crippen molar-refractivity contribution in [3.63, 3.8) is 0 Å². The quantitative estimate of drug-likeness (QED) is 0.324. The summed E-state index contributed by atoms with van der Waals surface area (Å²) in [5.74, 6) is -0.315. The van der Waals surface area contributed by atoms with E-state index >= 15 is 0 Å². The lowest BCUT2D eigenvalue weighted by atomic mass is 9.95. The van der Waals surface area contributed by atoms with Gasteiger partial charge in [0.2, 0.25) is 0 Å². The van der Waals surface area contributed by atoms with Gasteiger partial charge in [-0.05, 0) is 11.1 Å². The molecule has 0 fully saturated rings. The molecule has 0 spiro atoms. The number of ketones is 1. The summed E-state index contributed by atoms with van der Waals surface area (Å²) in [6.45, 7) is 5.12. The lowest BCUT2D eigenvalue weighted by molar-refractivity contribution is -0.00859. The van der Waals surface area contributed by atoms with Crippen molar-refractivity contribution in [2.45, 2.75) is 19.3 Å². The predicted molar refractivity (Wildman–Crippen MR) is 116 cm³/mol. The Hall–Kier alpha value is -3.01. The van der Waals surface area contributed by atoms with Crippen LogP contribution < -0.4 is 0 Å². The predicted octanol–water partition coefficient (Wildman–Crippen LogP) is 5.47. The number of carbonyl (C=O) groups excluding carboxylic acids is 1. The fourth-order valence-electron chi connectivity index (χ4n) is 3.09. The standard InChI is InChI=1S/C26H26O3/c1-2-23(20-28-18-21-12-6-3-7-13-21)26(25(27)24-16-10-5-11-17-24)29-19-22-14-8-4-9-15-22/h2-17,23,26H,1,18-20H2/t23-,26+/m1/s1. The van der Waals surface area contributed by atoms with Crippen molar-refractivity contribution in [1.29, 1.82) is 0 Å². The highest BCUT2D eigenvalue weighted by atomic mass is 16.5. The normalized spacial score (nSPS) is 12.8. The zero-order chi connectivity index (χ0) is 20.3. The van der Waals surface area contributed by atoms with E-state index in [1.165, 1.54) is 0 Å². The number of hydrogen-bond acceptors (Lipinski definition) is 3. The SMILES string of the molecule is C=C[C@H](COCc1ccccc1)[C@H](OCc1ccccc1)C(=O)c1ccccc1. The summed E-state index contributed by atoms with van der Waals surface area (Å²) in [5, 5.41) is 0. The molecule has 3 aromatic carbocycles. The van der Waals surface area contributed by atoms with Gasteiger partial charge in [0.05, 0.1) is 19.8 Å². The first-order chi connectivity index (χ1) is 14.3. The monoisotopic (exact) mass is 386 g/mol. The number of benzene rings is 3. The maximum Gasteiger partial charge on any atom is 0.192 e. The molecule has 0 unspecified atom stereocenters. The van der Waals surface area contributed by atoms with Gasteiger partial charge >= 0.3 is 0 Å². The van der Waals surface area contributed by atoms with Crippen LogP contribution in [0.1, 0.15) is 21.5 Å². The molecule has 0 heterocycles. The lowest BCUT2D eigenvalue weighted by Gasteiger charge is -2.24. The molecule has 3 aromatic rings. The van der Waals surface area contributed by atoms with Gasteiger partial charge in [0.1, 0.15) is 6.10 Å². The minimum atomic E-state index is -0.661. The van der Waals surface area contributed by atoms with E-state index in [0.717, 1.165) is 11.1 Å². The summed E-state index contributed by atoms with van der Waals surface area (Å²) < 4.78 is 12.0. The maximum atomic E-state index is 13.2. The Balaban J connectivity index is 1.70. The van der Waals surface area contributed by atoms with Crippen molar-refractivity contribution in [3.8, 4) is 0 Å². The fourth-order valence-corrected chi connectivity index (χ4v) is 3.09. The third-order valence-corrected chi connectivity index (χ3v) is 4.70. The van der Waals surface area contributed by atoms with Crippen LogP contribution in [0.2, 0.25) is 0 Å². The van der Waals surface area contributed by atoms with Gasteiger partial charge < -0.3 is 9.47 Å². The molecule has 0 aliphatic rings. The molecule has 3 heteroatoms. The molecule has 29 heavy (non-hydrogen) atoms. The van der Waals surface area contributed by atoms with Gasteiger partial charge in [-0.25, -0.2) is 0 Å². The molecular weight excluding hydrogens is 360 g/mol. The molecule has 0 saturated heterocycles. The molecule has 0 amide bonds. The first kappa shape index (κ1) is 20.7. The Labute approximate surface area is 172 Å². The number of rotatable bonds is 11. The first-order valence-electron chi connectivity index (χ1n) is 9.77. The van der Waals surface area contributed by atoms with Crippen LogP contribution in [0.5, 0.6) is 0 Å². The van der Waals surface area contributed by atoms with Crippen LogP contribution in [-0.4, -0.2) is 18.5 Å². The lowest BCUT2D eigenvalue weighted by Crippen LogP contribution is -2.34. The summed E-state index contributed by atoms with van der Waals surface area (Å²) in [7, 11) is 0. The molecule has 0 aliphatic heterocycles. The highest BCUT2D eigenvalue weighted by Crippen LogP contribution is 2.19. The molecule has 3 nitrogen and oxygen atoms in total. The Morgan fingerprint density at radius 1 is 0.793 bits per heavy atom. The summed E-state index contributed by atoms with van der Waals surface area (Å²) >= 11 is 0. The van der Waals surface area contributed by atoms with E-state index in [9.17, 15) is 4.79 Å². The van der Waals surface area contributed by atoms with Crippen molar-refractivity contribution in [2.24, 2.45) is 5.92 Å². The average molecular weight is 386 g/mol. The molecule has 0 radical (unpaired) electrons. The number of hydrogen-bond donors (Lipinski definition) is 0. The maximum absolute atomic E-state index is 13.2. The van der Waals surface area contributed by atoms with E-state index in [-0.39, 0.29) is 11.7 Å². The second-order valence-corrected chi connectivity index (χ2v) is 6.85. The molecule has 0 N–H and O–H groups in total. The molecule has 3 rings (SSSR count). The largest absolute Gasteiger partial charge is 0.376 e. The summed E-state index contributed by atoms with van der Waals surface area (Å²) in [6.07, 6.45) is 1.09. The van der Waals surface area contributed by atoms with Gasteiger partial charge in [0.25, 0.3) is 0 Å². The Bertz CT molecular complexity index is 876. The molecular formula is C26H26O3. The summed E-state index contributed by atoms with van der Waals surface area (Å²) in [6, 6.07) is 29.0. The van der Waals surface area contributed by atoms with Crippen molar-refractivity contribution in [1.82, 2.24) is 0 Å². The van der Waals surface area contributed by atoms with E-state index < -0.39 is 6.10 Å². The Morgan fingerprint density at radius 2 is 1.31 bits per heavy atom. The zero-order valence-corrected chi connectivity index (χ0v) is 16.4. The van der Waals surface area contributed by atoms with E-state index in [2.05, 4.69) is 6.58 Å². The molecule has 0 aliphatic carbocycles. The van der Waals surface area contributed by atoms with E-state index in [4.69, 9.17) is 9.47 Å². The first-order valence-corrected chi connectivity index (χ1v) is 9.77. The van der Waals surface area contributed by atoms with Gasteiger partial charge in [0.15, 0.2) is 5.78 Å². The number of ether oxygens (including phenoxy) is 2. The smallest absolute Gasteiger partial charge is 0.192 e. The van der Waals surface area contributed by atoms with Crippen molar-refractivity contribution in [2.75, 3.05) is 6.61 Å². The average Bonchev–Trinajstić information content (AvgIpc) is 2.79. The van der Waals surface area contributed by atoms with Crippen LogP contribution in [0.15, 0.2) is 104 Å². The van der Waals surface area contributed by atoms with Crippen LogP contribution in [-0.2, 0) is 22.7 Å². The van der Waals surface area contributed by atoms with Gasteiger partial charge in [-0.2, -0.15) is 0 Å². The fraction of sp³-hybridized carbons (Fsp3) is 0.192. The summed E-state index contributed by atoms with van der Waals surface area (Å²) in [5.41, 5.74) is 2.73. The number of carbonyl (C=O) groups is 1. The van der Waals surface area contributed by atoms with Crippen molar-refractivity contribution < 1.29 is 14.3 Å². The van der Waals surface area contributed by atoms with Crippen LogP contribution in [0, 0.1) is 5.92 Å². The van der Waals surface area contributed by atoms with Gasteiger partial charge in [-0.3, -0.25) is 4.79 Å². The van der Waals surface area contributed by atoms with E-state index in [1.54, 1.807) is 6.08 Å². The molecule has 148 valence electrons. The van der Waals surface area contributed by atoms with Crippen molar-refractivity contribution >= 4 is 5.78 Å². The topological polar surface area (TPSA) is 35.5 Å². The van der Waals surface area contributed by atoms with Crippen LogP contribution in [0.4, 0.5) is 0 Å². The summed E-state index contributed by atoms with van der Waals surface area (Å²) in [4.78, 5) is 13.2. The van der Waals surface area contributed by atoms with Crippen LogP contribution in [0.3, 0.4) is 0 Å². The van der Waals surface area contributed by atoms with Gasteiger partial charge in [-0.1, -0.05) is 97.1 Å². The van der Waals surface area contributed by atoms with Gasteiger partial charge in [-0.15, -0.1) is 6.58 Å². The van der Waals surface area contributed by atoms with Crippen LogP contribution >= 0.6 is 0 Å². The van der Waals surface area contributed by atoms with Crippen molar-refractivity contribution in [3.05, 3.63) is 120 Å². The molecule has 0 aromatic heterocycles. The van der Waals surface area contributed by atoms with Crippen LogP contribution in [0.25, 0.3) is 0 Å². The zero-order valence-electron chi connectivity index (χ0n) is 16.4. The molecule has 2 atom stereocenters. The Morgan fingerprint density at radius 3 is 1.86 bits per heavy atom. The molecule has 0 bridgehead atoms. The highest BCUT2D eigenvalue weighted by Gasteiger charge is 2.28. The second-order valence-electron chi connectivity index (χ2n) is 6.85. The van der Waals surface area contributed by atoms with E-state index in [0.29, 0.717) is 25.4 Å². The van der Waals surface area contributed by atoms with E-state index in [1.807, 2.05) is 91.0 Å². The minimum absolute atomic E-state index is 0.0604. The molecule has 0 saturated carbocycles.